The van der Waals surface area contributed by atoms with Crippen molar-refractivity contribution in [3.8, 4) is 0 Å². The highest BCUT2D eigenvalue weighted by atomic mass is 32.2. The van der Waals surface area contributed by atoms with Crippen LogP contribution in [0.15, 0.2) is 24.3 Å². The quantitative estimate of drug-likeness (QED) is 0.840. The van der Waals surface area contributed by atoms with Crippen molar-refractivity contribution in [1.82, 2.24) is 5.32 Å². The van der Waals surface area contributed by atoms with Gasteiger partial charge in [-0.05, 0) is 24.2 Å². The van der Waals surface area contributed by atoms with Crippen molar-refractivity contribution in [2.75, 3.05) is 17.6 Å². The van der Waals surface area contributed by atoms with Crippen LogP contribution in [0.1, 0.15) is 33.3 Å². The molecule has 19 heavy (non-hydrogen) atoms. The molecule has 1 aromatic carbocycles. The maximum Gasteiger partial charge on any atom is 0.234 e. The summed E-state index contributed by atoms with van der Waals surface area (Å²) in [5, 5.41) is 6.22. The van der Waals surface area contributed by atoms with Gasteiger partial charge in [0.15, 0.2) is 0 Å². The van der Waals surface area contributed by atoms with Crippen LogP contribution in [0.4, 0.5) is 5.69 Å². The summed E-state index contributed by atoms with van der Waals surface area (Å²) in [6.45, 7) is 10.2. The molecule has 1 amide bonds. The molecule has 0 radical (unpaired) electrons. The number of hydrogen-bond donors (Lipinski definition) is 2. The van der Waals surface area contributed by atoms with Crippen molar-refractivity contribution in [2.24, 2.45) is 0 Å². The molecule has 0 heterocycles. The number of amides is 1. The molecule has 106 valence electrons. The molecule has 1 rings (SSSR count). The van der Waals surface area contributed by atoms with E-state index < -0.39 is 0 Å². The minimum Gasteiger partial charge on any atom is -0.325 e. The fourth-order valence-corrected chi connectivity index (χ4v) is 2.14. The van der Waals surface area contributed by atoms with E-state index in [-0.39, 0.29) is 10.7 Å². The van der Waals surface area contributed by atoms with Gasteiger partial charge in [0.1, 0.15) is 0 Å². The van der Waals surface area contributed by atoms with Crippen LogP contribution < -0.4 is 10.6 Å². The van der Waals surface area contributed by atoms with Crippen molar-refractivity contribution in [1.29, 1.82) is 0 Å². The van der Waals surface area contributed by atoms with Crippen molar-refractivity contribution >= 4 is 23.4 Å². The molecule has 0 aromatic heterocycles. The number of anilines is 1. The summed E-state index contributed by atoms with van der Waals surface area (Å²) in [6.07, 6.45) is 0. The second-order valence-corrected chi connectivity index (χ2v) is 7.23. The first-order valence-corrected chi connectivity index (χ1v) is 7.63. The van der Waals surface area contributed by atoms with E-state index in [1.54, 1.807) is 11.8 Å². The Morgan fingerprint density at radius 2 is 2.05 bits per heavy atom. The van der Waals surface area contributed by atoms with Gasteiger partial charge >= 0.3 is 0 Å². The Morgan fingerprint density at radius 1 is 1.32 bits per heavy atom. The van der Waals surface area contributed by atoms with Crippen LogP contribution in [-0.4, -0.2) is 23.0 Å². The van der Waals surface area contributed by atoms with Crippen LogP contribution in [0.25, 0.3) is 0 Å². The minimum atomic E-state index is 0.0560. The van der Waals surface area contributed by atoms with Gasteiger partial charge in [-0.25, -0.2) is 0 Å². The predicted molar refractivity (Wildman–Crippen MR) is 84.7 cm³/mol. The lowest BCUT2D eigenvalue weighted by Gasteiger charge is -2.17. The van der Waals surface area contributed by atoms with Gasteiger partial charge in [0, 0.05) is 17.0 Å². The van der Waals surface area contributed by atoms with E-state index in [1.165, 1.54) is 5.56 Å². The first kappa shape index (κ1) is 16.1. The van der Waals surface area contributed by atoms with Gasteiger partial charge in [-0.1, -0.05) is 39.8 Å². The molecule has 3 nitrogen and oxygen atoms in total. The van der Waals surface area contributed by atoms with E-state index in [9.17, 15) is 4.79 Å². The van der Waals surface area contributed by atoms with Gasteiger partial charge in [0.25, 0.3) is 0 Å². The number of carbonyl (C=O) groups excluding carboxylic acids is 1. The molecule has 0 fully saturated rings. The molecular weight excluding hydrogens is 256 g/mol. The minimum absolute atomic E-state index is 0.0560. The molecule has 0 spiro atoms. The Morgan fingerprint density at radius 3 is 2.68 bits per heavy atom. The summed E-state index contributed by atoms with van der Waals surface area (Å²) in [4.78, 5) is 11.8. The third-order valence-corrected chi connectivity index (χ3v) is 3.70. The van der Waals surface area contributed by atoms with E-state index in [0.29, 0.717) is 5.75 Å². The number of nitrogens with one attached hydrogen (secondary N) is 2. The number of hydrogen-bond acceptors (Lipinski definition) is 3. The maximum atomic E-state index is 11.8. The highest BCUT2D eigenvalue weighted by Gasteiger charge is 2.13. The zero-order chi connectivity index (χ0) is 14.3. The van der Waals surface area contributed by atoms with E-state index >= 15 is 0 Å². The lowest BCUT2D eigenvalue weighted by atomic mass is 10.2. The molecule has 0 saturated heterocycles. The fraction of sp³-hybridized carbons (Fsp3) is 0.533. The number of benzene rings is 1. The topological polar surface area (TPSA) is 41.1 Å². The monoisotopic (exact) mass is 280 g/mol. The molecule has 4 heteroatoms. The highest BCUT2D eigenvalue weighted by Crippen LogP contribution is 2.23. The average molecular weight is 280 g/mol. The summed E-state index contributed by atoms with van der Waals surface area (Å²) in [5.41, 5.74) is 2.05. The standard InChI is InChI=1S/C15H24N2OS/c1-5-16-10-12-7-6-8-13(9-12)17-14(18)11-19-15(2,3)4/h6-9,16H,5,10-11H2,1-4H3,(H,17,18). The van der Waals surface area contributed by atoms with Crippen molar-refractivity contribution in [3.63, 3.8) is 0 Å². The average Bonchev–Trinajstić information content (AvgIpc) is 2.33. The Labute approximate surface area is 120 Å². The summed E-state index contributed by atoms with van der Waals surface area (Å²) in [7, 11) is 0. The van der Waals surface area contributed by atoms with Crippen LogP contribution >= 0.6 is 11.8 Å². The molecule has 2 N–H and O–H groups in total. The summed E-state index contributed by atoms with van der Waals surface area (Å²) in [5.74, 6) is 0.543. The molecule has 0 atom stereocenters. The number of rotatable bonds is 6. The molecule has 0 bridgehead atoms. The largest absolute Gasteiger partial charge is 0.325 e. The summed E-state index contributed by atoms with van der Waals surface area (Å²) < 4.78 is 0.115. The van der Waals surface area contributed by atoms with Gasteiger partial charge in [0.2, 0.25) is 5.91 Å². The molecule has 0 aliphatic rings. The number of carbonyl (C=O) groups is 1. The molecule has 0 aliphatic heterocycles. The lowest BCUT2D eigenvalue weighted by Crippen LogP contribution is -2.19. The predicted octanol–water partition coefficient (Wildman–Crippen LogP) is 3.27. The highest BCUT2D eigenvalue weighted by molar-refractivity contribution is 8.01. The first-order chi connectivity index (χ1) is 8.90. The van der Waals surface area contributed by atoms with Crippen LogP contribution in [0, 0.1) is 0 Å². The van der Waals surface area contributed by atoms with E-state index in [4.69, 9.17) is 0 Å². The Balaban J connectivity index is 2.49. The summed E-state index contributed by atoms with van der Waals surface area (Å²) in [6, 6.07) is 7.97. The molecule has 0 aliphatic carbocycles. The second kappa shape index (κ2) is 7.56. The van der Waals surface area contributed by atoms with E-state index in [0.717, 1.165) is 18.8 Å². The van der Waals surface area contributed by atoms with E-state index in [2.05, 4.69) is 44.4 Å². The Hall–Kier alpha value is -1.00. The Kier molecular flexibility index (Phi) is 6.38. The van der Waals surface area contributed by atoms with Gasteiger partial charge in [0.05, 0.1) is 5.75 Å². The van der Waals surface area contributed by atoms with Crippen molar-refractivity contribution in [3.05, 3.63) is 29.8 Å². The van der Waals surface area contributed by atoms with Crippen molar-refractivity contribution < 1.29 is 4.79 Å². The van der Waals surface area contributed by atoms with Crippen LogP contribution in [-0.2, 0) is 11.3 Å². The molecule has 0 unspecified atom stereocenters. The molecule has 1 aromatic rings. The molecular formula is C15H24N2OS. The Bertz CT molecular complexity index is 413. The van der Waals surface area contributed by atoms with Crippen LogP contribution in [0.2, 0.25) is 0 Å². The van der Waals surface area contributed by atoms with Crippen LogP contribution in [0.3, 0.4) is 0 Å². The fourth-order valence-electron chi connectivity index (χ4n) is 1.51. The van der Waals surface area contributed by atoms with E-state index in [1.807, 2.05) is 18.2 Å². The molecule has 0 saturated carbocycles. The maximum absolute atomic E-state index is 11.8. The number of thioether (sulfide) groups is 1. The summed E-state index contributed by atoms with van der Waals surface area (Å²) >= 11 is 1.65. The van der Waals surface area contributed by atoms with Crippen LogP contribution in [0.5, 0.6) is 0 Å². The zero-order valence-electron chi connectivity index (χ0n) is 12.2. The first-order valence-electron chi connectivity index (χ1n) is 6.64. The van der Waals surface area contributed by atoms with Gasteiger partial charge < -0.3 is 10.6 Å². The van der Waals surface area contributed by atoms with Crippen molar-refractivity contribution in [2.45, 2.75) is 39.0 Å². The smallest absolute Gasteiger partial charge is 0.234 e. The van der Waals surface area contributed by atoms with Gasteiger partial charge in [-0.3, -0.25) is 4.79 Å². The SMILES string of the molecule is CCNCc1cccc(NC(=O)CSC(C)(C)C)c1. The zero-order valence-corrected chi connectivity index (χ0v) is 13.1. The van der Waals surface area contributed by atoms with Gasteiger partial charge in [-0.15, -0.1) is 11.8 Å². The third kappa shape index (κ3) is 7.23. The van der Waals surface area contributed by atoms with Gasteiger partial charge in [-0.2, -0.15) is 0 Å². The normalized spacial score (nSPS) is 11.4. The third-order valence-electron chi connectivity index (χ3n) is 2.43. The lowest BCUT2D eigenvalue weighted by molar-refractivity contribution is -0.113. The second-order valence-electron chi connectivity index (χ2n) is 5.43.